The number of aryl methyl sites for hydroxylation is 1. The van der Waals surface area contributed by atoms with Gasteiger partial charge in [0, 0.05) is 18.3 Å². The predicted molar refractivity (Wildman–Crippen MR) is 74.9 cm³/mol. The number of rotatable bonds is 1. The molecule has 1 unspecified atom stereocenters. The lowest BCUT2D eigenvalue weighted by Gasteiger charge is -2.43. The number of hydrogen-bond acceptors (Lipinski definition) is 2. The van der Waals surface area contributed by atoms with E-state index in [1.807, 2.05) is 30.9 Å². The molecule has 1 atom stereocenters. The Kier molecular flexibility index (Phi) is 3.20. The second kappa shape index (κ2) is 4.39. The molecule has 1 aromatic rings. The van der Waals surface area contributed by atoms with Gasteiger partial charge in [-0.3, -0.25) is 4.79 Å². The van der Waals surface area contributed by atoms with Crippen molar-refractivity contribution in [2.45, 2.75) is 46.2 Å². The summed E-state index contributed by atoms with van der Waals surface area (Å²) in [5.74, 6) is 0.148. The highest BCUT2D eigenvalue weighted by Crippen LogP contribution is 2.29. The number of amides is 1. The van der Waals surface area contributed by atoms with E-state index in [0.717, 1.165) is 12.2 Å². The van der Waals surface area contributed by atoms with E-state index in [9.17, 15) is 4.79 Å². The van der Waals surface area contributed by atoms with Gasteiger partial charge < -0.3 is 10.2 Å². The average molecular weight is 246 g/mol. The summed E-state index contributed by atoms with van der Waals surface area (Å²) in [5, 5.41) is 3.30. The van der Waals surface area contributed by atoms with Crippen LogP contribution in [0.3, 0.4) is 0 Å². The van der Waals surface area contributed by atoms with Crippen LogP contribution in [0.2, 0.25) is 0 Å². The van der Waals surface area contributed by atoms with Gasteiger partial charge >= 0.3 is 0 Å². The molecular formula is C15H22N2O. The largest absolute Gasteiger partial charge is 0.307 e. The van der Waals surface area contributed by atoms with Crippen LogP contribution in [0.5, 0.6) is 0 Å². The molecule has 1 fully saturated rings. The number of carbonyl (C=O) groups is 1. The van der Waals surface area contributed by atoms with Crippen molar-refractivity contribution in [3.8, 4) is 0 Å². The number of carbonyl (C=O) groups excluding carboxylic acids is 1. The molecule has 18 heavy (non-hydrogen) atoms. The van der Waals surface area contributed by atoms with Gasteiger partial charge in [0.1, 0.15) is 0 Å². The van der Waals surface area contributed by atoms with Crippen LogP contribution in [0.15, 0.2) is 18.2 Å². The first kappa shape index (κ1) is 13.1. The zero-order valence-electron chi connectivity index (χ0n) is 11.9. The standard InChI is InChI=1S/C15H22N2O/c1-10-7-6-8-13(12(10)3)17-11(2)9-16-15(4,5)14(17)18/h6-8,11,16H,9H2,1-5H3. The van der Waals surface area contributed by atoms with Crippen molar-refractivity contribution in [1.82, 2.24) is 5.32 Å². The molecule has 1 saturated heterocycles. The minimum atomic E-state index is -0.483. The van der Waals surface area contributed by atoms with Crippen LogP contribution in [-0.2, 0) is 4.79 Å². The number of hydrogen-bond donors (Lipinski definition) is 1. The van der Waals surface area contributed by atoms with Crippen LogP contribution >= 0.6 is 0 Å². The molecule has 0 bridgehead atoms. The molecule has 0 saturated carbocycles. The third-order valence-corrected chi connectivity index (χ3v) is 3.87. The van der Waals surface area contributed by atoms with Crippen molar-refractivity contribution >= 4 is 11.6 Å². The van der Waals surface area contributed by atoms with Crippen LogP contribution in [0.25, 0.3) is 0 Å². The third kappa shape index (κ3) is 2.03. The predicted octanol–water partition coefficient (Wildman–Crippen LogP) is 2.41. The van der Waals surface area contributed by atoms with Gasteiger partial charge in [0.25, 0.3) is 0 Å². The molecular weight excluding hydrogens is 224 g/mol. The minimum Gasteiger partial charge on any atom is -0.307 e. The second-order valence-corrected chi connectivity index (χ2v) is 5.75. The van der Waals surface area contributed by atoms with Crippen molar-refractivity contribution in [3.05, 3.63) is 29.3 Å². The van der Waals surface area contributed by atoms with Gasteiger partial charge in [-0.25, -0.2) is 0 Å². The smallest absolute Gasteiger partial charge is 0.247 e. The van der Waals surface area contributed by atoms with Crippen LogP contribution in [0, 0.1) is 13.8 Å². The molecule has 3 heteroatoms. The molecule has 0 aliphatic carbocycles. The Labute approximate surface area is 109 Å². The number of nitrogens with one attached hydrogen (secondary N) is 1. The van der Waals surface area contributed by atoms with Crippen molar-refractivity contribution in [3.63, 3.8) is 0 Å². The summed E-state index contributed by atoms with van der Waals surface area (Å²) in [4.78, 5) is 14.5. The Morgan fingerprint density at radius 1 is 1.33 bits per heavy atom. The first-order chi connectivity index (χ1) is 8.34. The molecule has 1 amide bonds. The Morgan fingerprint density at radius 3 is 2.67 bits per heavy atom. The number of benzene rings is 1. The first-order valence-corrected chi connectivity index (χ1v) is 6.49. The molecule has 98 valence electrons. The average Bonchev–Trinajstić information content (AvgIpc) is 2.30. The fourth-order valence-corrected chi connectivity index (χ4v) is 2.41. The fourth-order valence-electron chi connectivity index (χ4n) is 2.41. The van der Waals surface area contributed by atoms with Crippen molar-refractivity contribution in [1.29, 1.82) is 0 Å². The molecule has 0 spiro atoms. The van der Waals surface area contributed by atoms with Gasteiger partial charge in [0.05, 0.1) is 5.54 Å². The number of anilines is 1. The lowest BCUT2D eigenvalue weighted by molar-refractivity contribution is -0.125. The summed E-state index contributed by atoms with van der Waals surface area (Å²) in [5.41, 5.74) is 2.98. The van der Waals surface area contributed by atoms with Crippen molar-refractivity contribution in [2.24, 2.45) is 0 Å². The fraction of sp³-hybridized carbons (Fsp3) is 0.533. The molecule has 2 rings (SSSR count). The van der Waals surface area contributed by atoms with Crippen molar-refractivity contribution in [2.75, 3.05) is 11.4 Å². The van der Waals surface area contributed by atoms with Gasteiger partial charge in [-0.05, 0) is 51.8 Å². The van der Waals surface area contributed by atoms with E-state index in [4.69, 9.17) is 0 Å². The maximum atomic E-state index is 12.6. The monoisotopic (exact) mass is 246 g/mol. The Balaban J connectivity index is 2.47. The van der Waals surface area contributed by atoms with Gasteiger partial charge in [-0.1, -0.05) is 12.1 Å². The number of nitrogens with zero attached hydrogens (tertiary/aromatic N) is 1. The Bertz CT molecular complexity index is 479. The highest BCUT2D eigenvalue weighted by atomic mass is 16.2. The van der Waals surface area contributed by atoms with E-state index >= 15 is 0 Å². The summed E-state index contributed by atoms with van der Waals surface area (Å²) >= 11 is 0. The zero-order chi connectivity index (χ0) is 13.5. The molecule has 0 radical (unpaired) electrons. The van der Waals surface area contributed by atoms with Gasteiger partial charge in [-0.15, -0.1) is 0 Å². The van der Waals surface area contributed by atoms with Crippen LogP contribution in [0.4, 0.5) is 5.69 Å². The SMILES string of the molecule is Cc1cccc(N2C(=O)C(C)(C)NCC2C)c1C. The summed E-state index contributed by atoms with van der Waals surface area (Å²) < 4.78 is 0. The van der Waals surface area contributed by atoms with Gasteiger partial charge in [0.15, 0.2) is 0 Å². The van der Waals surface area contributed by atoms with E-state index < -0.39 is 5.54 Å². The van der Waals surface area contributed by atoms with Gasteiger partial charge in [-0.2, -0.15) is 0 Å². The minimum absolute atomic E-state index is 0.148. The highest BCUT2D eigenvalue weighted by molar-refractivity contribution is 6.01. The Morgan fingerprint density at radius 2 is 2.00 bits per heavy atom. The topological polar surface area (TPSA) is 32.3 Å². The molecule has 1 aliphatic rings. The summed E-state index contributed by atoms with van der Waals surface area (Å²) in [6.07, 6.45) is 0. The van der Waals surface area contributed by atoms with Crippen LogP contribution < -0.4 is 10.2 Å². The van der Waals surface area contributed by atoms with Crippen LogP contribution in [-0.4, -0.2) is 24.0 Å². The summed E-state index contributed by atoms with van der Waals surface area (Å²) in [6.45, 7) is 11.0. The van der Waals surface area contributed by atoms with E-state index in [1.165, 1.54) is 11.1 Å². The van der Waals surface area contributed by atoms with E-state index in [0.29, 0.717) is 0 Å². The molecule has 1 aliphatic heterocycles. The molecule has 0 aromatic heterocycles. The maximum Gasteiger partial charge on any atom is 0.247 e. The second-order valence-electron chi connectivity index (χ2n) is 5.75. The Hall–Kier alpha value is -1.35. The number of piperazine rings is 1. The highest BCUT2D eigenvalue weighted by Gasteiger charge is 2.39. The quantitative estimate of drug-likeness (QED) is 0.825. The maximum absolute atomic E-state index is 12.6. The molecule has 1 aromatic carbocycles. The lowest BCUT2D eigenvalue weighted by Crippen LogP contribution is -2.65. The first-order valence-electron chi connectivity index (χ1n) is 6.49. The van der Waals surface area contributed by atoms with E-state index in [1.54, 1.807) is 0 Å². The summed E-state index contributed by atoms with van der Waals surface area (Å²) in [7, 11) is 0. The van der Waals surface area contributed by atoms with Crippen LogP contribution in [0.1, 0.15) is 31.9 Å². The molecule has 1 N–H and O–H groups in total. The van der Waals surface area contributed by atoms with E-state index in [-0.39, 0.29) is 11.9 Å². The van der Waals surface area contributed by atoms with E-state index in [2.05, 4.69) is 32.2 Å². The third-order valence-electron chi connectivity index (χ3n) is 3.87. The lowest BCUT2D eigenvalue weighted by atomic mass is 9.95. The zero-order valence-corrected chi connectivity index (χ0v) is 11.9. The summed E-state index contributed by atoms with van der Waals surface area (Å²) in [6, 6.07) is 6.33. The molecule has 1 heterocycles. The van der Waals surface area contributed by atoms with Gasteiger partial charge in [0.2, 0.25) is 5.91 Å². The normalized spacial score (nSPS) is 23.3. The van der Waals surface area contributed by atoms with Crippen molar-refractivity contribution < 1.29 is 4.79 Å². The molecule has 3 nitrogen and oxygen atoms in total.